The highest BCUT2D eigenvalue weighted by Gasteiger charge is 2.20. The first-order valence-electron chi connectivity index (χ1n) is 6.94. The van der Waals surface area contributed by atoms with Crippen molar-refractivity contribution >= 4 is 12.1 Å². The maximum atomic E-state index is 11.9. The van der Waals surface area contributed by atoms with Crippen molar-refractivity contribution in [1.29, 1.82) is 0 Å². The number of benzene rings is 1. The van der Waals surface area contributed by atoms with E-state index in [0.29, 0.717) is 12.0 Å². The van der Waals surface area contributed by atoms with Gasteiger partial charge < -0.3 is 14.8 Å². The maximum absolute atomic E-state index is 11.9. The van der Waals surface area contributed by atoms with Gasteiger partial charge in [-0.3, -0.25) is 0 Å². The van der Waals surface area contributed by atoms with Gasteiger partial charge in [0.25, 0.3) is 0 Å². The number of ether oxygens (including phenoxy) is 2. The van der Waals surface area contributed by atoms with Crippen molar-refractivity contribution in [2.24, 2.45) is 0 Å². The second-order valence-corrected chi connectivity index (χ2v) is 5.72. The molecular weight excluding hydrogens is 270 g/mol. The lowest BCUT2D eigenvalue weighted by Crippen LogP contribution is -2.34. The summed E-state index contributed by atoms with van der Waals surface area (Å²) in [6.45, 7) is 7.38. The molecule has 0 radical (unpaired) electrons. The lowest BCUT2D eigenvalue weighted by atomic mass is 10.0. The molecule has 0 aliphatic heterocycles. The minimum absolute atomic E-state index is 0.218. The second kappa shape index (κ2) is 7.11. The van der Waals surface area contributed by atoms with Crippen LogP contribution in [0.3, 0.4) is 0 Å². The molecule has 5 heteroatoms. The monoisotopic (exact) mass is 293 g/mol. The van der Waals surface area contributed by atoms with E-state index in [0.717, 1.165) is 5.56 Å². The normalized spacial score (nSPS) is 12.4. The third-order valence-corrected chi connectivity index (χ3v) is 2.81. The number of rotatable bonds is 4. The Morgan fingerprint density at radius 1 is 1.29 bits per heavy atom. The standard InChI is InChI=1S/C16H23NO4/c1-6-13(17-15(19)21-16(2,3)4)11-8-7-9-12(10-11)14(18)20-5/h7-10,13H,6H2,1-5H3,(H,17,19)/t13-/m1/s1. The minimum Gasteiger partial charge on any atom is -0.465 e. The quantitative estimate of drug-likeness (QED) is 0.864. The predicted octanol–water partition coefficient (Wildman–Crippen LogP) is 3.45. The van der Waals surface area contributed by atoms with Gasteiger partial charge in [0.05, 0.1) is 18.7 Å². The van der Waals surface area contributed by atoms with Crippen molar-refractivity contribution < 1.29 is 19.1 Å². The van der Waals surface area contributed by atoms with Gasteiger partial charge >= 0.3 is 12.1 Å². The summed E-state index contributed by atoms with van der Waals surface area (Å²) in [7, 11) is 1.34. The van der Waals surface area contributed by atoms with Crippen molar-refractivity contribution in [2.45, 2.75) is 45.8 Å². The van der Waals surface area contributed by atoms with E-state index in [-0.39, 0.29) is 6.04 Å². The first kappa shape index (κ1) is 17.0. The number of nitrogens with one attached hydrogen (secondary N) is 1. The van der Waals surface area contributed by atoms with Gasteiger partial charge in [0, 0.05) is 0 Å². The van der Waals surface area contributed by atoms with Crippen molar-refractivity contribution in [3.05, 3.63) is 35.4 Å². The van der Waals surface area contributed by atoms with Gasteiger partial charge in [0.15, 0.2) is 0 Å². The Hall–Kier alpha value is -2.04. The molecule has 116 valence electrons. The van der Waals surface area contributed by atoms with Crippen molar-refractivity contribution in [3.63, 3.8) is 0 Å². The van der Waals surface area contributed by atoms with Crippen LogP contribution in [0.25, 0.3) is 0 Å². The number of esters is 1. The van der Waals surface area contributed by atoms with Crippen LogP contribution < -0.4 is 5.32 Å². The summed E-state index contributed by atoms with van der Waals surface area (Å²) in [5.41, 5.74) is 0.752. The van der Waals surface area contributed by atoms with Crippen molar-refractivity contribution in [1.82, 2.24) is 5.32 Å². The fraction of sp³-hybridized carbons (Fsp3) is 0.500. The van der Waals surface area contributed by atoms with E-state index in [1.165, 1.54) is 7.11 Å². The zero-order chi connectivity index (χ0) is 16.0. The zero-order valence-electron chi connectivity index (χ0n) is 13.2. The molecule has 0 aliphatic rings. The van der Waals surface area contributed by atoms with Crippen LogP contribution in [0.15, 0.2) is 24.3 Å². The van der Waals surface area contributed by atoms with Crippen LogP contribution in [-0.2, 0) is 9.47 Å². The number of amides is 1. The highest BCUT2D eigenvalue weighted by atomic mass is 16.6. The summed E-state index contributed by atoms with van der Waals surface area (Å²) in [6.07, 6.45) is 0.210. The molecule has 0 bridgehead atoms. The topological polar surface area (TPSA) is 64.6 Å². The van der Waals surface area contributed by atoms with Crippen LogP contribution in [0.1, 0.15) is 56.1 Å². The lowest BCUT2D eigenvalue weighted by Gasteiger charge is -2.23. The lowest BCUT2D eigenvalue weighted by molar-refractivity contribution is 0.0502. The van der Waals surface area contributed by atoms with E-state index < -0.39 is 17.7 Å². The molecule has 0 fully saturated rings. The first-order chi connectivity index (χ1) is 9.76. The first-order valence-corrected chi connectivity index (χ1v) is 6.94. The Bertz CT molecular complexity index is 505. The van der Waals surface area contributed by atoms with Gasteiger partial charge in [-0.2, -0.15) is 0 Å². The number of alkyl carbamates (subject to hydrolysis) is 1. The van der Waals surface area contributed by atoms with E-state index in [2.05, 4.69) is 5.32 Å². The van der Waals surface area contributed by atoms with Crippen LogP contribution in [0.5, 0.6) is 0 Å². The molecule has 0 saturated heterocycles. The zero-order valence-corrected chi connectivity index (χ0v) is 13.2. The van der Waals surface area contributed by atoms with Crippen LogP contribution in [0.4, 0.5) is 4.79 Å². The molecule has 21 heavy (non-hydrogen) atoms. The Kier molecular flexibility index (Phi) is 5.76. The van der Waals surface area contributed by atoms with Crippen LogP contribution in [0, 0.1) is 0 Å². The SMILES string of the molecule is CC[C@@H](NC(=O)OC(C)(C)C)c1cccc(C(=O)OC)c1. The summed E-state index contributed by atoms with van der Waals surface area (Å²) in [5, 5.41) is 2.81. The Morgan fingerprint density at radius 3 is 2.48 bits per heavy atom. The van der Waals surface area contributed by atoms with Crippen LogP contribution in [0.2, 0.25) is 0 Å². The number of hydrogen-bond acceptors (Lipinski definition) is 4. The number of hydrogen-bond donors (Lipinski definition) is 1. The van der Waals surface area contributed by atoms with E-state index >= 15 is 0 Å². The minimum atomic E-state index is -0.545. The van der Waals surface area contributed by atoms with E-state index in [1.54, 1.807) is 18.2 Å². The van der Waals surface area contributed by atoms with Crippen molar-refractivity contribution in [3.8, 4) is 0 Å². The third-order valence-electron chi connectivity index (χ3n) is 2.81. The molecule has 0 unspecified atom stereocenters. The van der Waals surface area contributed by atoms with Crippen LogP contribution in [-0.4, -0.2) is 24.8 Å². The molecule has 0 aromatic heterocycles. The molecule has 0 aliphatic carbocycles. The fourth-order valence-corrected chi connectivity index (χ4v) is 1.87. The summed E-state index contributed by atoms with van der Waals surface area (Å²) >= 11 is 0. The average molecular weight is 293 g/mol. The summed E-state index contributed by atoms with van der Waals surface area (Å²) in [6, 6.07) is 6.80. The third kappa shape index (κ3) is 5.45. The number of carbonyl (C=O) groups is 2. The molecular formula is C16H23NO4. The molecule has 0 spiro atoms. The van der Waals surface area contributed by atoms with Crippen molar-refractivity contribution in [2.75, 3.05) is 7.11 Å². The Labute approximate surface area is 125 Å². The molecule has 5 nitrogen and oxygen atoms in total. The Morgan fingerprint density at radius 2 is 1.95 bits per heavy atom. The summed E-state index contributed by atoms with van der Waals surface area (Å²) < 4.78 is 9.95. The smallest absolute Gasteiger partial charge is 0.408 e. The molecule has 1 amide bonds. The number of carbonyl (C=O) groups excluding carboxylic acids is 2. The second-order valence-electron chi connectivity index (χ2n) is 5.72. The number of methoxy groups -OCH3 is 1. The highest BCUT2D eigenvalue weighted by molar-refractivity contribution is 5.89. The largest absolute Gasteiger partial charge is 0.465 e. The molecule has 1 atom stereocenters. The van der Waals surface area contributed by atoms with Gasteiger partial charge in [0.2, 0.25) is 0 Å². The average Bonchev–Trinajstić information content (AvgIpc) is 2.42. The molecule has 0 heterocycles. The summed E-state index contributed by atoms with van der Waals surface area (Å²) in [4.78, 5) is 23.4. The van der Waals surface area contributed by atoms with Gasteiger partial charge in [-0.25, -0.2) is 9.59 Å². The van der Waals surface area contributed by atoms with Gasteiger partial charge in [0.1, 0.15) is 5.60 Å². The molecule has 1 aromatic carbocycles. The van der Waals surface area contributed by atoms with E-state index in [1.807, 2.05) is 33.8 Å². The molecule has 1 aromatic rings. The van der Waals surface area contributed by atoms with E-state index in [9.17, 15) is 9.59 Å². The van der Waals surface area contributed by atoms with E-state index in [4.69, 9.17) is 9.47 Å². The molecule has 0 saturated carbocycles. The fourth-order valence-electron chi connectivity index (χ4n) is 1.87. The molecule has 1 N–H and O–H groups in total. The van der Waals surface area contributed by atoms with Gasteiger partial charge in [-0.05, 0) is 44.9 Å². The highest BCUT2D eigenvalue weighted by Crippen LogP contribution is 2.19. The van der Waals surface area contributed by atoms with Gasteiger partial charge in [-0.1, -0.05) is 19.1 Å². The van der Waals surface area contributed by atoms with Crippen LogP contribution >= 0.6 is 0 Å². The maximum Gasteiger partial charge on any atom is 0.408 e. The summed E-state index contributed by atoms with van der Waals surface area (Å²) in [5.74, 6) is -0.399. The molecule has 1 rings (SSSR count). The predicted molar refractivity (Wildman–Crippen MR) is 80.2 cm³/mol. The Balaban J connectivity index is 2.85. The van der Waals surface area contributed by atoms with Gasteiger partial charge in [-0.15, -0.1) is 0 Å².